The fourth-order valence-corrected chi connectivity index (χ4v) is 1.58. The molecule has 0 aliphatic rings. The number of hydrogen-bond acceptors (Lipinski definition) is 3. The average molecular weight is 214 g/mol. The van der Waals surface area contributed by atoms with E-state index in [0.717, 1.165) is 0 Å². The van der Waals surface area contributed by atoms with Crippen molar-refractivity contribution >= 4 is 5.97 Å². The van der Waals surface area contributed by atoms with Gasteiger partial charge in [0.1, 0.15) is 5.92 Å². The maximum atomic E-state index is 11.3. The summed E-state index contributed by atoms with van der Waals surface area (Å²) in [5.41, 5.74) is 1.37. The van der Waals surface area contributed by atoms with Gasteiger partial charge in [0.05, 0.1) is 0 Å². The fraction of sp³-hybridized carbons (Fsp3) is 0.0833. The third-order valence-corrected chi connectivity index (χ3v) is 2.30. The molecule has 16 heavy (non-hydrogen) atoms. The van der Waals surface area contributed by atoms with Crippen LogP contribution in [0.4, 0.5) is 0 Å². The molecule has 2 aromatic rings. The van der Waals surface area contributed by atoms with E-state index >= 15 is 0 Å². The Morgan fingerprint density at radius 1 is 1.06 bits per heavy atom. The molecule has 80 valence electrons. The van der Waals surface area contributed by atoms with Crippen LogP contribution >= 0.6 is 0 Å². The van der Waals surface area contributed by atoms with E-state index in [-0.39, 0.29) is 0 Å². The fourth-order valence-electron chi connectivity index (χ4n) is 1.58. The van der Waals surface area contributed by atoms with Gasteiger partial charge in [-0.2, -0.15) is 0 Å². The zero-order chi connectivity index (χ0) is 11.4. The third kappa shape index (κ3) is 2.06. The van der Waals surface area contributed by atoms with Gasteiger partial charge in [-0.15, -0.1) is 0 Å². The lowest BCUT2D eigenvalue weighted by atomic mass is 9.93. The number of pyridine rings is 2. The molecule has 0 radical (unpaired) electrons. The van der Waals surface area contributed by atoms with Gasteiger partial charge in [-0.1, -0.05) is 6.07 Å². The Morgan fingerprint density at radius 2 is 1.81 bits per heavy atom. The lowest BCUT2D eigenvalue weighted by molar-refractivity contribution is -0.137. The van der Waals surface area contributed by atoms with Gasteiger partial charge < -0.3 is 5.11 Å². The topological polar surface area (TPSA) is 63.1 Å². The number of carbonyl (C=O) groups is 1. The molecule has 4 nitrogen and oxygen atoms in total. The molecular weight excluding hydrogens is 204 g/mol. The summed E-state index contributed by atoms with van der Waals surface area (Å²) in [6.45, 7) is 0. The van der Waals surface area contributed by atoms with Gasteiger partial charge in [0, 0.05) is 24.8 Å². The molecule has 2 rings (SSSR count). The van der Waals surface area contributed by atoms with Gasteiger partial charge in [-0.25, -0.2) is 0 Å². The predicted molar refractivity (Wildman–Crippen MR) is 58.0 cm³/mol. The van der Waals surface area contributed by atoms with Crippen molar-refractivity contribution in [3.8, 4) is 0 Å². The maximum Gasteiger partial charge on any atom is 0.315 e. The van der Waals surface area contributed by atoms with Crippen LogP contribution in [0.2, 0.25) is 0 Å². The number of carboxylic acid groups (broad SMARTS) is 1. The van der Waals surface area contributed by atoms with E-state index in [1.54, 1.807) is 49.1 Å². The summed E-state index contributed by atoms with van der Waals surface area (Å²) in [6, 6.07) is 6.89. The molecule has 1 N–H and O–H groups in total. The van der Waals surface area contributed by atoms with Crippen molar-refractivity contribution in [3.05, 3.63) is 60.2 Å². The van der Waals surface area contributed by atoms with Crippen LogP contribution in [0.25, 0.3) is 0 Å². The number of aliphatic carboxylic acids is 1. The van der Waals surface area contributed by atoms with Crippen LogP contribution in [0.3, 0.4) is 0 Å². The van der Waals surface area contributed by atoms with Crippen LogP contribution in [0.1, 0.15) is 17.0 Å². The standard InChI is InChI=1S/C12H10N2O2/c15-12(16)11(9-3-6-13-7-4-9)10-2-1-5-14-8-10/h1-8,11H,(H,15,16). The summed E-state index contributed by atoms with van der Waals surface area (Å²) in [5.74, 6) is -1.57. The van der Waals surface area contributed by atoms with E-state index in [1.165, 1.54) is 0 Å². The first-order chi connectivity index (χ1) is 7.79. The zero-order valence-corrected chi connectivity index (χ0v) is 8.45. The number of nitrogens with zero attached hydrogens (tertiary/aromatic N) is 2. The Hall–Kier alpha value is -2.23. The summed E-state index contributed by atoms with van der Waals surface area (Å²) in [5, 5.41) is 9.23. The Morgan fingerprint density at radius 3 is 2.38 bits per heavy atom. The first-order valence-corrected chi connectivity index (χ1v) is 4.81. The van der Waals surface area contributed by atoms with E-state index in [4.69, 9.17) is 0 Å². The summed E-state index contributed by atoms with van der Waals surface area (Å²) in [7, 11) is 0. The van der Waals surface area contributed by atoms with E-state index in [1.807, 2.05) is 0 Å². The van der Waals surface area contributed by atoms with Crippen molar-refractivity contribution in [1.82, 2.24) is 9.97 Å². The lowest BCUT2D eigenvalue weighted by Crippen LogP contribution is -2.13. The lowest BCUT2D eigenvalue weighted by Gasteiger charge is -2.11. The van der Waals surface area contributed by atoms with Crippen LogP contribution in [0.5, 0.6) is 0 Å². The predicted octanol–water partition coefficient (Wildman–Crippen LogP) is 1.69. The highest BCUT2D eigenvalue weighted by Crippen LogP contribution is 2.23. The molecule has 1 atom stereocenters. The molecule has 0 aromatic carbocycles. The summed E-state index contributed by atoms with van der Waals surface area (Å²) in [6.07, 6.45) is 6.36. The Kier molecular flexibility index (Phi) is 2.91. The van der Waals surface area contributed by atoms with Crippen LogP contribution in [-0.4, -0.2) is 21.0 Å². The zero-order valence-electron chi connectivity index (χ0n) is 8.45. The van der Waals surface area contributed by atoms with E-state index in [9.17, 15) is 9.90 Å². The number of rotatable bonds is 3. The molecule has 0 amide bonds. The SMILES string of the molecule is O=C(O)C(c1ccncc1)c1cccnc1. The molecule has 2 heterocycles. The Labute approximate surface area is 92.6 Å². The first kappa shape index (κ1) is 10.3. The number of hydrogen-bond donors (Lipinski definition) is 1. The quantitative estimate of drug-likeness (QED) is 0.844. The van der Waals surface area contributed by atoms with Crippen molar-refractivity contribution in [1.29, 1.82) is 0 Å². The maximum absolute atomic E-state index is 11.3. The molecule has 0 fully saturated rings. The molecular formula is C12H10N2O2. The number of carboxylic acids is 1. The second-order valence-corrected chi connectivity index (χ2v) is 3.34. The molecule has 0 bridgehead atoms. The minimum Gasteiger partial charge on any atom is -0.481 e. The molecule has 0 saturated carbocycles. The molecule has 0 spiro atoms. The average Bonchev–Trinajstić information content (AvgIpc) is 2.31. The van der Waals surface area contributed by atoms with Gasteiger partial charge in [0.25, 0.3) is 0 Å². The largest absolute Gasteiger partial charge is 0.481 e. The molecule has 0 saturated heterocycles. The van der Waals surface area contributed by atoms with Gasteiger partial charge in [0.2, 0.25) is 0 Å². The second kappa shape index (κ2) is 4.53. The van der Waals surface area contributed by atoms with E-state index < -0.39 is 11.9 Å². The minimum absolute atomic E-state index is 0.668. The van der Waals surface area contributed by atoms with E-state index in [2.05, 4.69) is 9.97 Å². The highest BCUT2D eigenvalue weighted by atomic mass is 16.4. The van der Waals surface area contributed by atoms with Crippen molar-refractivity contribution in [3.63, 3.8) is 0 Å². The highest BCUT2D eigenvalue weighted by Gasteiger charge is 2.21. The molecule has 4 heteroatoms. The number of aromatic nitrogens is 2. The molecule has 1 unspecified atom stereocenters. The molecule has 0 aliphatic carbocycles. The molecule has 0 aliphatic heterocycles. The summed E-state index contributed by atoms with van der Waals surface area (Å²) < 4.78 is 0. The van der Waals surface area contributed by atoms with Gasteiger partial charge in [0.15, 0.2) is 0 Å². The molecule has 2 aromatic heterocycles. The second-order valence-electron chi connectivity index (χ2n) is 3.34. The van der Waals surface area contributed by atoms with Crippen LogP contribution < -0.4 is 0 Å². The van der Waals surface area contributed by atoms with Crippen molar-refractivity contribution in [2.45, 2.75) is 5.92 Å². The smallest absolute Gasteiger partial charge is 0.315 e. The van der Waals surface area contributed by atoms with Crippen LogP contribution in [-0.2, 0) is 4.79 Å². The van der Waals surface area contributed by atoms with Crippen LogP contribution in [0, 0.1) is 0 Å². The van der Waals surface area contributed by atoms with Gasteiger partial charge in [-0.3, -0.25) is 14.8 Å². The monoisotopic (exact) mass is 214 g/mol. The van der Waals surface area contributed by atoms with Crippen LogP contribution in [0.15, 0.2) is 49.1 Å². The summed E-state index contributed by atoms with van der Waals surface area (Å²) >= 11 is 0. The van der Waals surface area contributed by atoms with Crippen molar-refractivity contribution < 1.29 is 9.90 Å². The summed E-state index contributed by atoms with van der Waals surface area (Å²) in [4.78, 5) is 19.1. The normalized spacial score (nSPS) is 12.0. The Bertz CT molecular complexity index is 431. The minimum atomic E-state index is -0.890. The van der Waals surface area contributed by atoms with E-state index in [0.29, 0.717) is 11.1 Å². The first-order valence-electron chi connectivity index (χ1n) is 4.81. The third-order valence-electron chi connectivity index (χ3n) is 2.30. The van der Waals surface area contributed by atoms with Crippen molar-refractivity contribution in [2.75, 3.05) is 0 Å². The van der Waals surface area contributed by atoms with Gasteiger partial charge in [-0.05, 0) is 29.3 Å². The Balaban J connectivity index is 2.44. The highest BCUT2D eigenvalue weighted by molar-refractivity contribution is 5.80. The van der Waals surface area contributed by atoms with Gasteiger partial charge >= 0.3 is 5.97 Å². The van der Waals surface area contributed by atoms with Crippen molar-refractivity contribution in [2.24, 2.45) is 0 Å².